The van der Waals surface area contributed by atoms with E-state index in [1.807, 2.05) is 129 Å². The van der Waals surface area contributed by atoms with Crippen LogP contribution in [-0.4, -0.2) is 98.1 Å². The first-order valence-corrected chi connectivity index (χ1v) is 49.4. The summed E-state index contributed by atoms with van der Waals surface area (Å²) in [4.78, 5) is 74.9. The van der Waals surface area contributed by atoms with Crippen LogP contribution in [-0.2, 0) is 17.1 Å². The van der Waals surface area contributed by atoms with Gasteiger partial charge in [0, 0.05) is 102 Å². The molecule has 0 atom stereocenters. The van der Waals surface area contributed by atoms with Crippen LogP contribution in [0.5, 0.6) is 0 Å². The van der Waals surface area contributed by atoms with Crippen LogP contribution in [0.3, 0.4) is 0 Å². The van der Waals surface area contributed by atoms with E-state index in [1.165, 1.54) is 74.2 Å². The first-order chi connectivity index (χ1) is 55.5. The van der Waals surface area contributed by atoms with Gasteiger partial charge in [0.25, 0.3) is 0 Å². The molecule has 0 saturated heterocycles. The van der Waals surface area contributed by atoms with Crippen LogP contribution in [0.15, 0.2) is 164 Å². The molecule has 0 unspecified atom stereocenters. The van der Waals surface area contributed by atoms with Gasteiger partial charge in [0.05, 0.1) is 60.2 Å². The first-order valence-electron chi connectivity index (χ1n) is 36.0. The second kappa shape index (κ2) is 41.8. The number of nitriles is 1. The van der Waals surface area contributed by atoms with Gasteiger partial charge in [0.15, 0.2) is 22.5 Å². The molecule has 0 aliphatic rings. The Morgan fingerprint density at radius 2 is 0.750 bits per heavy atom. The van der Waals surface area contributed by atoms with E-state index in [2.05, 4.69) is 125 Å². The van der Waals surface area contributed by atoms with Crippen molar-refractivity contribution in [2.45, 2.75) is 100 Å². The molecule has 16 aromatic rings. The molecule has 22 nitrogen and oxygen atoms in total. The third-order valence-corrected chi connectivity index (χ3v) is 41.2. The molecular weight excluding hydrogens is 1860 g/mol. The minimum Gasteiger partial charge on any atom is -0.512 e. The number of rotatable bonds is 17. The zero-order chi connectivity index (χ0) is 82.0. The van der Waals surface area contributed by atoms with Crippen LogP contribution in [0, 0.1) is 50.9 Å². The number of benzene rings is 4. The number of halogens is 6. The van der Waals surface area contributed by atoms with Gasteiger partial charge in [-0.15, -0.1) is 34.0 Å². The van der Waals surface area contributed by atoms with E-state index in [-0.39, 0.29) is 39.6 Å². The summed E-state index contributed by atoms with van der Waals surface area (Å²) in [6, 6.07) is 32.2. The maximum atomic E-state index is 9.30. The standard InChI is InChI=1S/C18H11ClN6S.C17H11BrClN5S.C17H12ClN5S.C13H8Cl2N4.C4H4NS.3C4H9.CN.Cu.Sn/c1-9-8-23-18(26-9)16-15(24-13(7-20)17(21)25-16)11-5-10-3-2-4-22-14(10)12(19)6-11;1-8-7-22-17(25-8)14-13(23-15(18)16(20)24-14)10-5-9-3-2-4-21-12(9)11(19)6-10;1-9-7-22-17(24-9)16-15(21-8-13(19)23-16)11-5-10-3-2-4-20-14(10)12(18)6-11;14-9-5-8(4-7-2-1-3-17-11(7)9)12-13(15)19-10(16)6-18-12;1-4-2-5-3-6-4;3*1-3-4-2;1-2;;/h2-6,8H,1H3,(H2,21,25);2-7H,1H3,(H2,20,24);2-8H,1H3,(H2,19,23);1-6H,(H2,16,19);2H,1H3;3*1,3-4H2,2H3;;;/q;;;;;;;;-1;+1;. The van der Waals surface area contributed by atoms with Gasteiger partial charge in [-0.05, 0) is 109 Å². The number of aryl methyl sites for hydroxylation is 4. The molecule has 0 amide bonds. The molecule has 116 heavy (non-hydrogen) atoms. The number of anilines is 4. The Kier molecular flexibility index (Phi) is 32.1. The number of nitrogens with zero attached hydrogens (tertiary/aromatic N) is 18. The molecule has 0 saturated carbocycles. The Hall–Kier alpha value is -9.21. The summed E-state index contributed by atoms with van der Waals surface area (Å²) in [6.45, 7) is 19.9. The number of nitrogens with two attached hydrogens (primary N) is 4. The maximum Gasteiger partial charge on any atom is 1.00 e. The fraction of sp³-hybridized carbons (Fsp3) is 0.195. The van der Waals surface area contributed by atoms with Crippen LogP contribution >= 0.6 is 119 Å². The van der Waals surface area contributed by atoms with Crippen LogP contribution in [0.25, 0.3) is 121 Å². The number of nitrogen functional groups attached to an aromatic ring is 4. The fourth-order valence-electron chi connectivity index (χ4n) is 12.4. The second-order valence-electron chi connectivity index (χ2n) is 26.1. The summed E-state index contributed by atoms with van der Waals surface area (Å²) < 4.78 is 6.73. The average Bonchev–Trinajstić information content (AvgIpc) is 1.30. The molecule has 0 aliphatic heterocycles. The van der Waals surface area contributed by atoms with Gasteiger partial charge in [0.2, 0.25) is 0 Å². The summed E-state index contributed by atoms with van der Waals surface area (Å²) in [6.07, 6.45) is 25.7. The van der Waals surface area contributed by atoms with E-state index in [0.717, 1.165) is 85.0 Å². The van der Waals surface area contributed by atoms with E-state index in [0.29, 0.717) is 86.7 Å². The minimum atomic E-state index is -2.17. The molecule has 0 radical (unpaired) electrons. The third-order valence-electron chi connectivity index (χ3n) is 17.7. The largest absolute Gasteiger partial charge is 1.00 e. The molecule has 8 N–H and O–H groups in total. The van der Waals surface area contributed by atoms with Crippen molar-refractivity contribution in [3.63, 3.8) is 0 Å². The van der Waals surface area contributed by atoms with Crippen molar-refractivity contribution < 1.29 is 17.1 Å². The van der Waals surface area contributed by atoms with Gasteiger partial charge in [-0.1, -0.05) is 82.3 Å². The van der Waals surface area contributed by atoms with Gasteiger partial charge >= 0.3 is 145 Å². The number of fused-ring (bicyclic) bond motifs is 4. The molecule has 0 bridgehead atoms. The van der Waals surface area contributed by atoms with Crippen molar-refractivity contribution in [1.82, 2.24) is 79.7 Å². The van der Waals surface area contributed by atoms with Crippen molar-refractivity contribution in [3.05, 3.63) is 221 Å². The molecule has 12 aromatic heterocycles. The average molecular weight is 1930 g/mol. The zero-order valence-corrected chi connectivity index (χ0v) is 75.9. The van der Waals surface area contributed by atoms with Crippen molar-refractivity contribution >= 4 is 208 Å². The predicted molar refractivity (Wildman–Crippen MR) is 480 cm³/mol. The molecule has 0 spiro atoms. The van der Waals surface area contributed by atoms with Gasteiger partial charge in [-0.25, -0.2) is 49.8 Å². The second-order valence-corrected chi connectivity index (χ2v) is 47.8. The van der Waals surface area contributed by atoms with Crippen molar-refractivity contribution in [2.24, 2.45) is 0 Å². The Bertz CT molecular complexity index is 6200. The van der Waals surface area contributed by atoms with E-state index < -0.39 is 18.4 Å². The van der Waals surface area contributed by atoms with Gasteiger partial charge < -0.3 is 34.8 Å². The smallest absolute Gasteiger partial charge is 0.512 e. The topological polar surface area (TPSA) is 358 Å². The number of hydrogen-bond donors (Lipinski definition) is 4. The number of unbranched alkanes of at least 4 members (excludes halogenated alkanes) is 3. The van der Waals surface area contributed by atoms with E-state index in [9.17, 15) is 5.26 Å². The van der Waals surface area contributed by atoms with Crippen LogP contribution in [0.1, 0.15) is 84.5 Å². The summed E-state index contributed by atoms with van der Waals surface area (Å²) >= 11 is 39.3. The molecular formula is C82H73BrCl5CuN22S4Sn. The number of pyridine rings is 4. The molecule has 12 heterocycles. The van der Waals surface area contributed by atoms with Crippen molar-refractivity contribution in [3.8, 4) is 83.2 Å². The van der Waals surface area contributed by atoms with Gasteiger partial charge in [-0.2, -0.15) is 5.26 Å². The monoisotopic (exact) mass is 1930 g/mol. The van der Waals surface area contributed by atoms with Crippen molar-refractivity contribution in [2.75, 3.05) is 22.9 Å². The first kappa shape index (κ1) is 89.1. The summed E-state index contributed by atoms with van der Waals surface area (Å²) in [5, 5.41) is 23.9. The van der Waals surface area contributed by atoms with Crippen LogP contribution in [0.4, 0.5) is 23.3 Å². The Labute approximate surface area is 734 Å². The number of thiazole rings is 4. The predicted octanol–water partition coefficient (Wildman–Crippen LogP) is 22.9. The number of hydrogen-bond acceptors (Lipinski definition) is 26. The zero-order valence-electron chi connectivity index (χ0n) is 63.4. The van der Waals surface area contributed by atoms with E-state index in [4.69, 9.17) is 97.8 Å². The molecule has 0 aliphatic carbocycles. The van der Waals surface area contributed by atoms with Gasteiger partial charge in [0.1, 0.15) is 71.5 Å². The van der Waals surface area contributed by atoms with Crippen LogP contribution < -0.4 is 26.0 Å². The molecule has 592 valence electrons. The molecule has 34 heteroatoms. The van der Waals surface area contributed by atoms with Gasteiger partial charge in [-0.3, -0.25) is 24.9 Å². The minimum absolute atomic E-state index is 0. The normalized spacial score (nSPS) is 10.9. The third kappa shape index (κ3) is 21.8. The molecule has 16 rings (SSSR count). The van der Waals surface area contributed by atoms with E-state index in [1.54, 1.807) is 81.2 Å². The SMILES string of the molecule is CCC[CH2][Sn]([CH2]CCC)([CH2]CCC)[c]1ncc(C)s1.Cc1cnc(-c2nc(N)c(Br)nc2-c2cc(Cl)c3ncccc3c2)s1.Cc1cnc(-c2nc(N)c(C#N)nc2-c2cc(Cl)c3ncccc3c2)s1.Cc1cnc(-c2nc(N)cnc2-c2cc(Cl)c3ncccc3c2)s1.Nc1cnc(-c2cc(Cl)c3ncccc3c2)c(Cl)n1.[C-]#N.[Cu+]. The summed E-state index contributed by atoms with van der Waals surface area (Å²) in [5.41, 5.74) is 33.7. The Morgan fingerprint density at radius 1 is 0.405 bits per heavy atom. The maximum absolute atomic E-state index is 9.30. The number of aromatic nitrogens is 16. The molecule has 4 aromatic carbocycles. The quantitative estimate of drug-likeness (QED) is 0.0486. The summed E-state index contributed by atoms with van der Waals surface area (Å²) in [5.74, 6) is 1.03. The van der Waals surface area contributed by atoms with E-state index >= 15 is 0 Å². The summed E-state index contributed by atoms with van der Waals surface area (Å²) in [7, 11) is 0. The fourth-order valence-corrected chi connectivity index (χ4v) is 36.0. The van der Waals surface area contributed by atoms with Crippen LogP contribution in [0.2, 0.25) is 38.6 Å². The Balaban J connectivity index is 0.000000153. The van der Waals surface area contributed by atoms with Crippen molar-refractivity contribution in [1.29, 1.82) is 10.5 Å². The Morgan fingerprint density at radius 3 is 1.11 bits per heavy atom. The molecule has 0 fully saturated rings.